The van der Waals surface area contributed by atoms with Gasteiger partial charge in [0.25, 0.3) is 0 Å². The fraction of sp³-hybridized carbons (Fsp3) is 0.167. The largest absolute Gasteiger partial charge is 0.481 e. The summed E-state index contributed by atoms with van der Waals surface area (Å²) in [5.74, 6) is -0.892. The summed E-state index contributed by atoms with van der Waals surface area (Å²) in [5.41, 5.74) is 0.540. The Labute approximate surface area is 91.9 Å². The molecule has 0 bridgehead atoms. The SMILES string of the molecule is O=C(O)Cc1csc(Sc2nn[nH]n2)n1. The van der Waals surface area contributed by atoms with Crippen LogP contribution in [0.15, 0.2) is 14.9 Å². The van der Waals surface area contributed by atoms with Crippen LogP contribution in [0.1, 0.15) is 5.69 Å². The van der Waals surface area contributed by atoms with Gasteiger partial charge in [-0.15, -0.1) is 21.5 Å². The van der Waals surface area contributed by atoms with E-state index in [1.165, 1.54) is 23.1 Å². The molecule has 0 aromatic carbocycles. The normalized spacial score (nSPS) is 10.4. The summed E-state index contributed by atoms with van der Waals surface area (Å²) in [6.07, 6.45) is -0.0662. The van der Waals surface area contributed by atoms with Crippen LogP contribution in [-0.2, 0) is 11.2 Å². The number of carboxylic acids is 1. The number of nitrogens with one attached hydrogen (secondary N) is 1. The van der Waals surface area contributed by atoms with E-state index in [2.05, 4.69) is 25.6 Å². The van der Waals surface area contributed by atoms with E-state index in [0.29, 0.717) is 15.2 Å². The van der Waals surface area contributed by atoms with E-state index >= 15 is 0 Å². The van der Waals surface area contributed by atoms with Gasteiger partial charge in [0, 0.05) is 5.38 Å². The molecule has 15 heavy (non-hydrogen) atoms. The molecule has 0 spiro atoms. The van der Waals surface area contributed by atoms with Crippen molar-refractivity contribution in [1.29, 1.82) is 0 Å². The monoisotopic (exact) mass is 243 g/mol. The smallest absolute Gasteiger partial charge is 0.309 e. The summed E-state index contributed by atoms with van der Waals surface area (Å²) in [6, 6.07) is 0. The molecule has 0 aliphatic carbocycles. The maximum absolute atomic E-state index is 10.4. The molecule has 0 aliphatic heterocycles. The van der Waals surface area contributed by atoms with Crippen LogP contribution >= 0.6 is 23.1 Å². The maximum Gasteiger partial charge on any atom is 0.309 e. The van der Waals surface area contributed by atoms with Crippen molar-refractivity contribution >= 4 is 29.1 Å². The van der Waals surface area contributed by atoms with Gasteiger partial charge in [-0.1, -0.05) is 0 Å². The number of H-pyrrole nitrogens is 1. The Hall–Kier alpha value is -1.48. The molecule has 0 atom stereocenters. The first-order valence-electron chi connectivity index (χ1n) is 3.81. The van der Waals surface area contributed by atoms with Crippen molar-refractivity contribution in [2.24, 2.45) is 0 Å². The van der Waals surface area contributed by atoms with Crippen molar-refractivity contribution in [3.05, 3.63) is 11.1 Å². The van der Waals surface area contributed by atoms with Gasteiger partial charge >= 0.3 is 5.97 Å². The first-order chi connectivity index (χ1) is 7.24. The van der Waals surface area contributed by atoms with Crippen LogP contribution in [0.2, 0.25) is 0 Å². The number of carboxylic acid groups (broad SMARTS) is 1. The van der Waals surface area contributed by atoms with Crippen LogP contribution < -0.4 is 0 Å². The van der Waals surface area contributed by atoms with Crippen molar-refractivity contribution in [3.63, 3.8) is 0 Å². The molecular weight excluding hydrogens is 238 g/mol. The van der Waals surface area contributed by atoms with Crippen molar-refractivity contribution < 1.29 is 9.90 Å². The van der Waals surface area contributed by atoms with Gasteiger partial charge in [-0.05, 0) is 17.0 Å². The molecule has 2 aromatic rings. The van der Waals surface area contributed by atoms with E-state index in [1.54, 1.807) is 5.38 Å². The summed E-state index contributed by atoms with van der Waals surface area (Å²) in [4.78, 5) is 14.5. The van der Waals surface area contributed by atoms with Gasteiger partial charge in [0.2, 0.25) is 5.16 Å². The molecule has 0 aliphatic rings. The van der Waals surface area contributed by atoms with E-state index in [1.807, 2.05) is 0 Å². The molecule has 9 heteroatoms. The Morgan fingerprint density at radius 3 is 3.20 bits per heavy atom. The van der Waals surface area contributed by atoms with Crippen molar-refractivity contribution in [1.82, 2.24) is 25.6 Å². The predicted octanol–water partition coefficient (Wildman–Crippen LogP) is 0.434. The van der Waals surface area contributed by atoms with Crippen molar-refractivity contribution in [3.8, 4) is 0 Å². The van der Waals surface area contributed by atoms with E-state index in [4.69, 9.17) is 5.11 Å². The lowest BCUT2D eigenvalue weighted by molar-refractivity contribution is -0.136. The zero-order chi connectivity index (χ0) is 10.7. The second-order valence-electron chi connectivity index (χ2n) is 2.47. The number of thiazole rings is 1. The Morgan fingerprint density at radius 1 is 1.67 bits per heavy atom. The lowest BCUT2D eigenvalue weighted by Crippen LogP contribution is -1.99. The van der Waals surface area contributed by atoms with Gasteiger partial charge in [0.1, 0.15) is 0 Å². The fourth-order valence-electron chi connectivity index (χ4n) is 0.845. The quantitative estimate of drug-likeness (QED) is 0.802. The molecule has 0 saturated heterocycles. The second-order valence-corrected chi connectivity index (χ2v) is 4.54. The van der Waals surface area contributed by atoms with Gasteiger partial charge in [-0.25, -0.2) is 4.98 Å². The molecule has 0 fully saturated rings. The van der Waals surface area contributed by atoms with Crippen molar-refractivity contribution in [2.45, 2.75) is 15.9 Å². The summed E-state index contributed by atoms with van der Waals surface area (Å²) in [6.45, 7) is 0. The van der Waals surface area contributed by atoms with Crippen LogP contribution in [0.5, 0.6) is 0 Å². The van der Waals surface area contributed by atoms with Crippen LogP contribution in [0.4, 0.5) is 0 Å². The average molecular weight is 243 g/mol. The van der Waals surface area contributed by atoms with Crippen molar-refractivity contribution in [2.75, 3.05) is 0 Å². The first-order valence-corrected chi connectivity index (χ1v) is 5.51. The fourth-order valence-corrected chi connectivity index (χ4v) is 2.44. The highest BCUT2D eigenvalue weighted by molar-refractivity contribution is 8.00. The third-order valence-corrected chi connectivity index (χ3v) is 3.21. The predicted molar refractivity (Wildman–Crippen MR) is 51.8 cm³/mol. The van der Waals surface area contributed by atoms with E-state index < -0.39 is 5.97 Å². The Kier molecular flexibility index (Phi) is 2.92. The number of hydrogen-bond acceptors (Lipinski definition) is 7. The van der Waals surface area contributed by atoms with Crippen LogP contribution in [0.25, 0.3) is 0 Å². The molecule has 0 unspecified atom stereocenters. The highest BCUT2D eigenvalue weighted by Gasteiger charge is 2.09. The average Bonchev–Trinajstić information content (AvgIpc) is 2.77. The van der Waals surface area contributed by atoms with Crippen LogP contribution in [-0.4, -0.2) is 36.7 Å². The number of carbonyl (C=O) groups is 1. The molecule has 2 heterocycles. The summed E-state index contributed by atoms with van der Waals surface area (Å²) in [7, 11) is 0. The molecular formula is C6H5N5O2S2. The standard InChI is InChI=1S/C6H5N5O2S2/c12-4(13)1-3-2-14-6(7-3)15-5-8-10-11-9-5/h2H,1H2,(H,12,13)(H,8,9,10,11). The van der Waals surface area contributed by atoms with E-state index in [9.17, 15) is 4.79 Å². The number of hydrogen-bond donors (Lipinski definition) is 2. The van der Waals surface area contributed by atoms with Gasteiger partial charge in [-0.2, -0.15) is 5.21 Å². The molecule has 2 rings (SSSR count). The zero-order valence-electron chi connectivity index (χ0n) is 7.25. The summed E-state index contributed by atoms with van der Waals surface area (Å²) in [5, 5.41) is 23.9. The minimum Gasteiger partial charge on any atom is -0.481 e. The molecule has 2 N–H and O–H groups in total. The number of nitrogens with zero attached hydrogens (tertiary/aromatic N) is 4. The number of aromatic amines is 1. The maximum atomic E-state index is 10.4. The molecule has 2 aromatic heterocycles. The number of tetrazole rings is 1. The second kappa shape index (κ2) is 4.36. The molecule has 78 valence electrons. The minimum absolute atomic E-state index is 0.0662. The zero-order valence-corrected chi connectivity index (χ0v) is 8.88. The number of rotatable bonds is 4. The summed E-state index contributed by atoms with van der Waals surface area (Å²) >= 11 is 2.60. The van der Waals surface area contributed by atoms with Gasteiger partial charge in [-0.3, -0.25) is 4.79 Å². The highest BCUT2D eigenvalue weighted by atomic mass is 32.2. The summed E-state index contributed by atoms with van der Waals surface area (Å²) < 4.78 is 0.702. The minimum atomic E-state index is -0.892. The third kappa shape index (κ3) is 2.73. The first kappa shape index (κ1) is 10.1. The Bertz CT molecular complexity index is 454. The van der Waals surface area contributed by atoms with Crippen LogP contribution in [0.3, 0.4) is 0 Å². The highest BCUT2D eigenvalue weighted by Crippen LogP contribution is 2.26. The number of aliphatic carboxylic acids is 1. The Balaban J connectivity index is 2.04. The van der Waals surface area contributed by atoms with Crippen LogP contribution in [0, 0.1) is 0 Å². The topological polar surface area (TPSA) is 105 Å². The van der Waals surface area contributed by atoms with Gasteiger partial charge in [0.15, 0.2) is 4.34 Å². The molecule has 0 amide bonds. The third-order valence-electron chi connectivity index (χ3n) is 1.37. The molecule has 0 saturated carbocycles. The van der Waals surface area contributed by atoms with Gasteiger partial charge in [0.05, 0.1) is 12.1 Å². The molecule has 7 nitrogen and oxygen atoms in total. The van der Waals surface area contributed by atoms with E-state index in [0.717, 1.165) is 0 Å². The Morgan fingerprint density at radius 2 is 2.53 bits per heavy atom. The van der Waals surface area contributed by atoms with E-state index in [-0.39, 0.29) is 6.42 Å². The lowest BCUT2D eigenvalue weighted by atomic mass is 10.3. The number of aromatic nitrogens is 5. The molecule has 0 radical (unpaired) electrons. The lowest BCUT2D eigenvalue weighted by Gasteiger charge is -1.88. The van der Waals surface area contributed by atoms with Gasteiger partial charge < -0.3 is 5.11 Å².